The molecule has 29 heavy (non-hydrogen) atoms. The van der Waals surface area contributed by atoms with E-state index in [1.165, 1.54) is 21.6 Å². The van der Waals surface area contributed by atoms with E-state index in [9.17, 15) is 4.79 Å². The Morgan fingerprint density at radius 2 is 1.86 bits per heavy atom. The Morgan fingerprint density at radius 3 is 2.55 bits per heavy atom. The van der Waals surface area contributed by atoms with Gasteiger partial charge in [-0.05, 0) is 42.7 Å². The van der Waals surface area contributed by atoms with E-state index < -0.39 is 0 Å². The van der Waals surface area contributed by atoms with Gasteiger partial charge in [-0.2, -0.15) is 0 Å². The molecule has 2 heterocycles. The number of nitrogens with one attached hydrogen (secondary N) is 1. The maximum atomic E-state index is 12.7. The van der Waals surface area contributed by atoms with Gasteiger partial charge in [-0.25, -0.2) is 4.98 Å². The van der Waals surface area contributed by atoms with Crippen molar-refractivity contribution in [2.24, 2.45) is 5.92 Å². The van der Waals surface area contributed by atoms with Crippen LogP contribution in [0.5, 0.6) is 0 Å². The highest BCUT2D eigenvalue weighted by Gasteiger charge is 2.23. The summed E-state index contributed by atoms with van der Waals surface area (Å²) < 4.78 is 0. The summed E-state index contributed by atoms with van der Waals surface area (Å²) in [5.74, 6) is 1.87. The molecule has 0 amide bonds. The van der Waals surface area contributed by atoms with E-state index in [0.29, 0.717) is 24.4 Å². The van der Waals surface area contributed by atoms with Crippen LogP contribution in [0.1, 0.15) is 79.9 Å². The van der Waals surface area contributed by atoms with E-state index in [-0.39, 0.29) is 5.56 Å². The molecule has 0 spiro atoms. The molecule has 0 radical (unpaired) electrons. The Morgan fingerprint density at radius 1 is 1.14 bits per heavy atom. The zero-order valence-corrected chi connectivity index (χ0v) is 18.7. The van der Waals surface area contributed by atoms with E-state index in [4.69, 9.17) is 4.98 Å². The molecule has 0 aliphatic heterocycles. The number of benzene rings is 1. The van der Waals surface area contributed by atoms with Crippen molar-refractivity contribution in [3.05, 3.63) is 62.0 Å². The zero-order valence-electron chi connectivity index (χ0n) is 17.9. The molecule has 0 saturated heterocycles. The second-order valence-corrected chi connectivity index (χ2v) is 9.82. The van der Waals surface area contributed by atoms with Gasteiger partial charge in [-0.1, -0.05) is 52.0 Å². The number of aryl methyl sites for hydroxylation is 2. The highest BCUT2D eigenvalue weighted by Crippen LogP contribution is 2.34. The predicted octanol–water partition coefficient (Wildman–Crippen LogP) is 4.45. The van der Waals surface area contributed by atoms with E-state index in [2.05, 4.69) is 62.3 Å². The fourth-order valence-corrected chi connectivity index (χ4v) is 5.74. The largest absolute Gasteiger partial charge is 0.334 e. The van der Waals surface area contributed by atoms with Gasteiger partial charge in [0.1, 0.15) is 17.4 Å². The van der Waals surface area contributed by atoms with E-state index in [1.54, 1.807) is 11.3 Å². The highest BCUT2D eigenvalue weighted by molar-refractivity contribution is 7.18. The maximum Gasteiger partial charge on any atom is 0.260 e. The molecule has 0 bridgehead atoms. The molecule has 3 aromatic rings. The average Bonchev–Trinajstić information content (AvgIpc) is 3.28. The van der Waals surface area contributed by atoms with Crippen molar-refractivity contribution in [1.29, 1.82) is 0 Å². The molecule has 0 saturated carbocycles. The lowest BCUT2D eigenvalue weighted by Crippen LogP contribution is -2.85. The molecule has 1 aromatic carbocycles. The number of aromatic nitrogens is 2. The number of quaternary nitrogens is 1. The molecule has 2 atom stereocenters. The van der Waals surface area contributed by atoms with Gasteiger partial charge >= 0.3 is 0 Å². The average molecular weight is 411 g/mol. The molecule has 5 heteroatoms. The van der Waals surface area contributed by atoms with Crippen LogP contribution in [-0.2, 0) is 19.4 Å². The fraction of sp³-hybridized carbons (Fsp3) is 0.500. The van der Waals surface area contributed by atoms with Crippen LogP contribution in [-0.4, -0.2) is 9.97 Å². The molecule has 2 aromatic heterocycles. The summed E-state index contributed by atoms with van der Waals surface area (Å²) >= 11 is 1.71. The molecule has 3 N–H and O–H groups in total. The first-order chi connectivity index (χ1) is 14.0. The Labute approximate surface area is 176 Å². The lowest BCUT2D eigenvalue weighted by Gasteiger charge is -2.20. The van der Waals surface area contributed by atoms with Crippen LogP contribution in [0.3, 0.4) is 0 Å². The number of fused-ring (bicyclic) bond motifs is 3. The molecule has 154 valence electrons. The smallest absolute Gasteiger partial charge is 0.260 e. The molecule has 1 aliphatic carbocycles. The molecular formula is C24H32N3OS+. The summed E-state index contributed by atoms with van der Waals surface area (Å²) in [5, 5.41) is 3.15. The lowest BCUT2D eigenvalue weighted by molar-refractivity contribution is -0.718. The van der Waals surface area contributed by atoms with Gasteiger partial charge in [0.15, 0.2) is 5.82 Å². The van der Waals surface area contributed by atoms with Crippen molar-refractivity contribution < 1.29 is 5.32 Å². The van der Waals surface area contributed by atoms with Gasteiger partial charge in [0.25, 0.3) is 5.56 Å². The van der Waals surface area contributed by atoms with Gasteiger partial charge in [0.05, 0.1) is 5.39 Å². The van der Waals surface area contributed by atoms with Crippen molar-refractivity contribution in [1.82, 2.24) is 9.97 Å². The Balaban J connectivity index is 1.53. The van der Waals surface area contributed by atoms with Crippen LogP contribution in [0, 0.1) is 5.92 Å². The number of thiophene rings is 1. The van der Waals surface area contributed by atoms with Crippen LogP contribution >= 0.6 is 11.3 Å². The number of hydrogen-bond donors (Lipinski definition) is 2. The molecule has 0 fully saturated rings. The number of aromatic amines is 1. The molecule has 4 nitrogen and oxygen atoms in total. The quantitative estimate of drug-likeness (QED) is 0.604. The van der Waals surface area contributed by atoms with E-state index in [0.717, 1.165) is 41.7 Å². The third-order valence-electron chi connectivity index (χ3n) is 6.41. The second-order valence-electron chi connectivity index (χ2n) is 8.74. The third kappa shape index (κ3) is 4.03. The first kappa shape index (κ1) is 20.3. The minimum absolute atomic E-state index is 0.0387. The Bertz CT molecular complexity index is 1050. The Kier molecular flexibility index (Phi) is 5.88. The van der Waals surface area contributed by atoms with Crippen molar-refractivity contribution in [3.63, 3.8) is 0 Å². The van der Waals surface area contributed by atoms with Crippen LogP contribution in [0.15, 0.2) is 29.1 Å². The minimum Gasteiger partial charge on any atom is -0.334 e. The summed E-state index contributed by atoms with van der Waals surface area (Å²) in [6, 6.07) is 9.42. The summed E-state index contributed by atoms with van der Waals surface area (Å²) in [6.07, 6.45) is 4.44. The number of H-pyrrole nitrogens is 1. The third-order valence-corrected chi connectivity index (χ3v) is 7.60. The van der Waals surface area contributed by atoms with Crippen molar-refractivity contribution >= 4 is 21.6 Å². The summed E-state index contributed by atoms with van der Waals surface area (Å²) in [4.78, 5) is 22.8. The van der Waals surface area contributed by atoms with Gasteiger partial charge in [-0.15, -0.1) is 11.3 Å². The normalized spacial score (nSPS) is 15.8. The van der Waals surface area contributed by atoms with E-state index >= 15 is 0 Å². The predicted molar refractivity (Wildman–Crippen MR) is 121 cm³/mol. The number of hydrogen-bond acceptors (Lipinski definition) is 3. The van der Waals surface area contributed by atoms with Gasteiger partial charge in [-0.3, -0.25) is 4.79 Å². The monoisotopic (exact) mass is 410 g/mol. The van der Waals surface area contributed by atoms with E-state index in [1.807, 2.05) is 0 Å². The van der Waals surface area contributed by atoms with Gasteiger partial charge in [0, 0.05) is 16.4 Å². The molecule has 0 unspecified atom stereocenters. The number of rotatable bonds is 7. The van der Waals surface area contributed by atoms with Gasteiger partial charge < -0.3 is 10.3 Å². The van der Waals surface area contributed by atoms with Crippen LogP contribution in [0.4, 0.5) is 0 Å². The fourth-order valence-electron chi connectivity index (χ4n) is 4.46. The molecule has 1 aliphatic rings. The number of nitrogens with zero attached hydrogens (tertiary/aromatic N) is 1. The van der Waals surface area contributed by atoms with Crippen molar-refractivity contribution in [3.8, 4) is 0 Å². The van der Waals surface area contributed by atoms with Crippen LogP contribution in [0.25, 0.3) is 10.2 Å². The summed E-state index contributed by atoms with van der Waals surface area (Å²) in [7, 11) is 0. The van der Waals surface area contributed by atoms with Crippen molar-refractivity contribution in [2.45, 2.75) is 71.9 Å². The minimum atomic E-state index is 0.0387. The van der Waals surface area contributed by atoms with Crippen LogP contribution in [0.2, 0.25) is 0 Å². The Hall–Kier alpha value is -1.98. The lowest BCUT2D eigenvalue weighted by atomic mass is 9.92. The maximum absolute atomic E-state index is 12.7. The molecular weight excluding hydrogens is 378 g/mol. The number of nitrogens with two attached hydrogens (primary N) is 1. The standard InChI is InChI=1S/C24H31N3OS/c1-5-15(4)16-9-11-17(12-10-16)22(14(2)3)25-13-20-26-23(28)21-18-7-6-8-19(18)29-24(21)27-20/h9-12,14-15,22,25H,5-8,13H2,1-4H3,(H,26,27,28)/p+1/t15-,22-/m0/s1. The second kappa shape index (κ2) is 8.41. The summed E-state index contributed by atoms with van der Waals surface area (Å²) in [6.45, 7) is 9.71. The summed E-state index contributed by atoms with van der Waals surface area (Å²) in [5.41, 5.74) is 4.03. The first-order valence-corrected chi connectivity index (χ1v) is 11.8. The van der Waals surface area contributed by atoms with Gasteiger partial charge in [0.2, 0.25) is 0 Å². The van der Waals surface area contributed by atoms with Crippen molar-refractivity contribution in [2.75, 3.05) is 0 Å². The molecule has 4 rings (SSSR count). The highest BCUT2D eigenvalue weighted by atomic mass is 32.1. The van der Waals surface area contributed by atoms with Crippen LogP contribution < -0.4 is 10.9 Å². The SMILES string of the molecule is CC[C@H](C)c1ccc([C@@H]([NH2+]Cc2nc3sc4c(c3c(=O)[nH]2)CCC4)C(C)C)cc1. The zero-order chi connectivity index (χ0) is 20.5. The topological polar surface area (TPSA) is 62.4 Å². The first-order valence-electron chi connectivity index (χ1n) is 10.9.